The molecular weight excluding hydrogens is 265 g/mol. The third kappa shape index (κ3) is 13.6. The summed E-state index contributed by atoms with van der Waals surface area (Å²) in [4.78, 5) is 28.0. The largest absolute Gasteiger partial charge is 0.382 e. The summed E-state index contributed by atoms with van der Waals surface area (Å²) in [5, 5.41) is 2.33. The molecule has 0 aromatic heterocycles. The number of rotatable bonds is 11. The maximum absolute atomic E-state index is 11.0. The van der Waals surface area contributed by atoms with E-state index in [1.807, 2.05) is 0 Å². The van der Waals surface area contributed by atoms with Gasteiger partial charge in [-0.15, -0.1) is 0 Å². The molecule has 0 unspecified atom stereocenters. The number of hydrogen-bond acceptors (Lipinski definition) is 5. The van der Waals surface area contributed by atoms with E-state index in [1.165, 1.54) is 0 Å². The number of nitrogens with one attached hydrogen (secondary N) is 1. The summed E-state index contributed by atoms with van der Waals surface area (Å²) in [6.07, 6.45) is -0.798. The predicted octanol–water partition coefficient (Wildman–Crippen LogP) is -1.04. The van der Waals surface area contributed by atoms with Crippen LogP contribution in [0.15, 0.2) is 0 Å². The minimum atomic E-state index is -4.28. The Hall–Kier alpha value is -0.500. The number of ether oxygens (including phenoxy) is 3. The maximum atomic E-state index is 11.0. The highest BCUT2D eigenvalue weighted by atomic mass is 31.2. The van der Waals surface area contributed by atoms with Crippen molar-refractivity contribution in [1.82, 2.24) is 5.32 Å². The first-order chi connectivity index (χ1) is 8.45. The summed E-state index contributed by atoms with van der Waals surface area (Å²) in [5.74, 6) is -0.691. The molecule has 3 N–H and O–H groups in total. The van der Waals surface area contributed by atoms with E-state index in [1.54, 1.807) is 7.11 Å². The fraction of sp³-hybridized carbons (Fsp3) is 0.889. The highest BCUT2D eigenvalue weighted by Gasteiger charge is 2.18. The predicted molar refractivity (Wildman–Crippen MR) is 63.4 cm³/mol. The van der Waals surface area contributed by atoms with E-state index >= 15 is 0 Å². The van der Waals surface area contributed by atoms with Crippen LogP contribution in [0, 0.1) is 0 Å². The van der Waals surface area contributed by atoms with Crippen molar-refractivity contribution in [2.75, 3.05) is 52.9 Å². The second-order valence-corrected chi connectivity index (χ2v) is 5.04. The molecule has 9 heteroatoms. The molecule has 1 amide bonds. The van der Waals surface area contributed by atoms with Gasteiger partial charge in [0.2, 0.25) is 5.91 Å². The number of carbonyl (C=O) groups excluding carboxylic acids is 1. The molecular formula is C9H20NO7P. The number of amides is 1. The van der Waals surface area contributed by atoms with Crippen molar-refractivity contribution in [3.63, 3.8) is 0 Å². The van der Waals surface area contributed by atoms with Crippen LogP contribution in [0.25, 0.3) is 0 Å². The zero-order valence-corrected chi connectivity index (χ0v) is 11.2. The van der Waals surface area contributed by atoms with Gasteiger partial charge in [0.25, 0.3) is 0 Å². The molecule has 0 aromatic rings. The molecule has 0 aliphatic carbocycles. The fourth-order valence-electron chi connectivity index (χ4n) is 0.970. The summed E-state index contributed by atoms with van der Waals surface area (Å²) >= 11 is 0. The van der Waals surface area contributed by atoms with Gasteiger partial charge < -0.3 is 29.3 Å². The van der Waals surface area contributed by atoms with Crippen LogP contribution in [-0.2, 0) is 23.6 Å². The first-order valence-electron chi connectivity index (χ1n) is 5.41. The van der Waals surface area contributed by atoms with E-state index in [0.29, 0.717) is 26.4 Å². The van der Waals surface area contributed by atoms with E-state index in [-0.39, 0.29) is 13.2 Å². The van der Waals surface area contributed by atoms with E-state index < -0.39 is 19.7 Å². The van der Waals surface area contributed by atoms with Crippen LogP contribution in [0.4, 0.5) is 0 Å². The Morgan fingerprint density at radius 3 is 2.22 bits per heavy atom. The first-order valence-corrected chi connectivity index (χ1v) is 7.21. The maximum Gasteiger partial charge on any atom is 0.334 e. The Bertz CT molecular complexity index is 268. The minimum absolute atomic E-state index is 0.205. The fourth-order valence-corrected chi connectivity index (χ4v) is 1.46. The molecule has 0 radical (unpaired) electrons. The lowest BCUT2D eigenvalue weighted by Gasteiger charge is -2.07. The van der Waals surface area contributed by atoms with Gasteiger partial charge in [-0.3, -0.25) is 9.36 Å². The van der Waals surface area contributed by atoms with Gasteiger partial charge in [0.15, 0.2) is 0 Å². The van der Waals surface area contributed by atoms with Crippen molar-refractivity contribution in [3.8, 4) is 0 Å². The lowest BCUT2D eigenvalue weighted by molar-refractivity contribution is -0.119. The number of carbonyl (C=O) groups is 1. The van der Waals surface area contributed by atoms with Gasteiger partial charge in [-0.2, -0.15) is 0 Å². The van der Waals surface area contributed by atoms with Gasteiger partial charge in [0, 0.05) is 13.7 Å². The Morgan fingerprint density at radius 1 is 1.11 bits per heavy atom. The molecule has 0 saturated heterocycles. The second kappa shape index (κ2) is 10.4. The number of hydrogen-bond donors (Lipinski definition) is 3. The Kier molecular flexibility index (Phi) is 10.1. The SMILES string of the molecule is COCCOCCOCCNC(=O)CP(=O)(O)O. The van der Waals surface area contributed by atoms with Gasteiger partial charge in [-0.1, -0.05) is 0 Å². The molecule has 108 valence electrons. The van der Waals surface area contributed by atoms with Crippen molar-refractivity contribution in [1.29, 1.82) is 0 Å². The summed E-state index contributed by atoms with van der Waals surface area (Å²) in [7, 11) is -2.70. The highest BCUT2D eigenvalue weighted by Crippen LogP contribution is 2.33. The van der Waals surface area contributed by atoms with Crippen molar-refractivity contribution >= 4 is 13.5 Å². The third-order valence-electron chi connectivity index (χ3n) is 1.72. The molecule has 0 aromatic carbocycles. The summed E-state index contributed by atoms with van der Waals surface area (Å²) in [6, 6.07) is 0. The van der Waals surface area contributed by atoms with Crippen LogP contribution in [0.5, 0.6) is 0 Å². The summed E-state index contributed by atoms with van der Waals surface area (Å²) in [6.45, 7) is 2.31. The third-order valence-corrected chi connectivity index (χ3v) is 2.42. The zero-order valence-electron chi connectivity index (χ0n) is 10.3. The highest BCUT2D eigenvalue weighted by molar-refractivity contribution is 7.52. The molecule has 18 heavy (non-hydrogen) atoms. The van der Waals surface area contributed by atoms with Gasteiger partial charge in [-0.05, 0) is 0 Å². The monoisotopic (exact) mass is 285 g/mol. The zero-order chi connectivity index (χ0) is 13.9. The number of methoxy groups -OCH3 is 1. The summed E-state index contributed by atoms with van der Waals surface area (Å²) < 4.78 is 25.5. The molecule has 0 bridgehead atoms. The van der Waals surface area contributed by atoms with Crippen LogP contribution in [-0.4, -0.2) is 68.5 Å². The molecule has 0 aliphatic heterocycles. The second-order valence-electron chi connectivity index (χ2n) is 3.39. The van der Waals surface area contributed by atoms with E-state index in [0.717, 1.165) is 0 Å². The molecule has 0 aliphatic rings. The Balaban J connectivity index is 3.25. The van der Waals surface area contributed by atoms with Gasteiger partial charge in [0.1, 0.15) is 6.16 Å². The summed E-state index contributed by atoms with van der Waals surface area (Å²) in [5.41, 5.74) is 0. The van der Waals surface area contributed by atoms with Crippen molar-refractivity contribution in [3.05, 3.63) is 0 Å². The molecule has 0 fully saturated rings. The molecule has 0 heterocycles. The molecule has 0 spiro atoms. The average molecular weight is 285 g/mol. The molecule has 8 nitrogen and oxygen atoms in total. The lowest BCUT2D eigenvalue weighted by Crippen LogP contribution is -2.30. The van der Waals surface area contributed by atoms with Gasteiger partial charge >= 0.3 is 7.60 Å². The first kappa shape index (κ1) is 17.5. The van der Waals surface area contributed by atoms with Crippen molar-refractivity contribution in [2.45, 2.75) is 0 Å². The Morgan fingerprint density at radius 2 is 1.67 bits per heavy atom. The standard InChI is InChI=1S/C9H20NO7P/c1-15-4-5-17-7-6-16-3-2-10-9(11)8-18(12,13)14/h2-8H2,1H3,(H,10,11)(H2,12,13,14). The van der Waals surface area contributed by atoms with Crippen LogP contribution in [0.2, 0.25) is 0 Å². The van der Waals surface area contributed by atoms with Crippen LogP contribution >= 0.6 is 7.60 Å². The van der Waals surface area contributed by atoms with E-state index in [4.69, 9.17) is 24.0 Å². The quantitative estimate of drug-likeness (QED) is 0.328. The molecule has 0 atom stereocenters. The molecule has 0 rings (SSSR count). The van der Waals surface area contributed by atoms with E-state index in [2.05, 4.69) is 5.32 Å². The smallest absolute Gasteiger partial charge is 0.334 e. The van der Waals surface area contributed by atoms with Crippen LogP contribution < -0.4 is 5.32 Å². The van der Waals surface area contributed by atoms with Gasteiger partial charge in [0.05, 0.1) is 33.0 Å². The van der Waals surface area contributed by atoms with Crippen LogP contribution in [0.3, 0.4) is 0 Å². The topological polar surface area (TPSA) is 114 Å². The molecule has 0 saturated carbocycles. The average Bonchev–Trinajstić information content (AvgIpc) is 2.24. The van der Waals surface area contributed by atoms with Gasteiger partial charge in [-0.25, -0.2) is 0 Å². The van der Waals surface area contributed by atoms with Crippen molar-refractivity contribution < 1.29 is 33.4 Å². The Labute approximate surface area is 106 Å². The van der Waals surface area contributed by atoms with E-state index in [9.17, 15) is 9.36 Å². The lowest BCUT2D eigenvalue weighted by atomic mass is 10.6. The normalized spacial score (nSPS) is 11.5. The van der Waals surface area contributed by atoms with Crippen molar-refractivity contribution in [2.24, 2.45) is 0 Å². The minimum Gasteiger partial charge on any atom is -0.382 e. The van der Waals surface area contributed by atoms with Crippen LogP contribution in [0.1, 0.15) is 0 Å².